The maximum absolute atomic E-state index is 11.5. The molecule has 0 spiro atoms. The van der Waals surface area contributed by atoms with Gasteiger partial charge in [-0.3, -0.25) is 4.79 Å². The van der Waals surface area contributed by atoms with E-state index in [4.69, 9.17) is 19.3 Å². The fraction of sp³-hybridized carbons (Fsp3) is 0.556. The third-order valence-electron chi connectivity index (χ3n) is 3.20. The van der Waals surface area contributed by atoms with Crippen molar-refractivity contribution in [3.63, 3.8) is 0 Å². The summed E-state index contributed by atoms with van der Waals surface area (Å²) in [5.74, 6) is -2.57. The van der Waals surface area contributed by atoms with Crippen molar-refractivity contribution < 1.29 is 38.5 Å². The molecule has 0 saturated carbocycles. The smallest absolute Gasteiger partial charge is 0.331 e. The summed E-state index contributed by atoms with van der Waals surface area (Å²) in [5, 5.41) is 8.47. The fourth-order valence-electron chi connectivity index (χ4n) is 1.71. The molecule has 0 aromatic rings. The predicted molar refractivity (Wildman–Crippen MR) is 92.4 cm³/mol. The minimum atomic E-state index is -1.23. The Balaban J connectivity index is 4.23. The fourth-order valence-corrected chi connectivity index (χ4v) is 1.71. The van der Waals surface area contributed by atoms with Gasteiger partial charge < -0.3 is 19.3 Å². The van der Waals surface area contributed by atoms with Gasteiger partial charge in [0.1, 0.15) is 11.9 Å². The van der Waals surface area contributed by atoms with Crippen molar-refractivity contribution >= 4 is 24.2 Å². The average molecular weight is 370 g/mol. The van der Waals surface area contributed by atoms with E-state index in [0.717, 1.165) is 18.2 Å². The lowest BCUT2D eigenvalue weighted by Gasteiger charge is -2.29. The van der Waals surface area contributed by atoms with Gasteiger partial charge >= 0.3 is 17.9 Å². The van der Waals surface area contributed by atoms with Crippen LogP contribution in [-0.4, -0.2) is 53.7 Å². The Kier molecular flexibility index (Phi) is 10.1. The van der Waals surface area contributed by atoms with Gasteiger partial charge in [-0.05, 0) is 33.8 Å². The van der Waals surface area contributed by atoms with Gasteiger partial charge in [0.15, 0.2) is 0 Å². The van der Waals surface area contributed by atoms with Crippen LogP contribution in [0, 0.1) is 0 Å². The second-order valence-electron chi connectivity index (χ2n) is 6.62. The van der Waals surface area contributed by atoms with Crippen LogP contribution in [0.15, 0.2) is 24.3 Å². The minimum Gasteiger partial charge on any atom is -0.478 e. The van der Waals surface area contributed by atoms with E-state index < -0.39 is 29.1 Å². The second kappa shape index (κ2) is 11.2. The van der Waals surface area contributed by atoms with Crippen LogP contribution < -0.4 is 0 Å². The highest BCUT2D eigenvalue weighted by atomic mass is 16.6. The Morgan fingerprint density at radius 1 is 0.885 bits per heavy atom. The third kappa shape index (κ3) is 12.9. The Morgan fingerprint density at radius 2 is 1.50 bits per heavy atom. The quantitative estimate of drug-likeness (QED) is 0.314. The van der Waals surface area contributed by atoms with E-state index in [-0.39, 0.29) is 13.2 Å². The number of ether oxygens (including phenoxy) is 3. The van der Waals surface area contributed by atoms with E-state index in [0.29, 0.717) is 25.2 Å². The predicted octanol–water partition coefficient (Wildman–Crippen LogP) is 1.82. The monoisotopic (exact) mass is 370 g/mol. The van der Waals surface area contributed by atoms with Crippen molar-refractivity contribution in [1.29, 1.82) is 0 Å². The number of carboxylic acid groups (broad SMARTS) is 1. The summed E-state index contributed by atoms with van der Waals surface area (Å²) in [6.45, 7) is 7.46. The van der Waals surface area contributed by atoms with Gasteiger partial charge in [0.2, 0.25) is 0 Å². The number of esters is 2. The Morgan fingerprint density at radius 3 is 2.08 bits per heavy atom. The number of carbonyl (C=O) groups is 4. The zero-order chi connectivity index (χ0) is 20.2. The molecule has 0 aromatic carbocycles. The van der Waals surface area contributed by atoms with Crippen LogP contribution in [0.3, 0.4) is 0 Å². The summed E-state index contributed by atoms with van der Waals surface area (Å²) in [7, 11) is 0. The van der Waals surface area contributed by atoms with Crippen molar-refractivity contribution in [3.05, 3.63) is 24.3 Å². The lowest BCUT2D eigenvalue weighted by molar-refractivity contribution is -0.153. The van der Waals surface area contributed by atoms with Crippen molar-refractivity contribution in [3.8, 4) is 0 Å². The molecule has 0 fully saturated rings. The standard InChI is InChI=1S/C18H26O8/c1-17(2,9-12-24-15(22)6-5-11-19)25-13-10-18(3,4)26-16(23)8-7-14(20)21/h5-8,11H,9-10,12-13H2,1-4H3,(H,20,21)/b6-5-,8-7-. The third-order valence-corrected chi connectivity index (χ3v) is 3.20. The molecule has 146 valence electrons. The summed E-state index contributed by atoms with van der Waals surface area (Å²) in [5.41, 5.74) is -1.40. The zero-order valence-corrected chi connectivity index (χ0v) is 15.5. The molecule has 0 heterocycles. The van der Waals surface area contributed by atoms with E-state index in [2.05, 4.69) is 0 Å². The molecule has 26 heavy (non-hydrogen) atoms. The molecule has 0 bridgehead atoms. The van der Waals surface area contributed by atoms with E-state index in [1.54, 1.807) is 13.8 Å². The molecule has 0 radical (unpaired) electrons. The SMILES string of the molecule is CC(C)(CCOC(=O)/C=C\C=O)OCCC(C)(C)OC(=O)/C=C\C(=O)O. The molecule has 0 aliphatic rings. The lowest BCUT2D eigenvalue weighted by atomic mass is 10.0. The van der Waals surface area contributed by atoms with E-state index >= 15 is 0 Å². The van der Waals surface area contributed by atoms with E-state index in [1.807, 2.05) is 13.8 Å². The van der Waals surface area contributed by atoms with E-state index in [1.165, 1.54) is 0 Å². The lowest BCUT2D eigenvalue weighted by Crippen LogP contribution is -2.33. The molecule has 8 heteroatoms. The van der Waals surface area contributed by atoms with Crippen molar-refractivity contribution in [2.24, 2.45) is 0 Å². The Hall–Kier alpha value is -2.48. The molecule has 0 aliphatic heterocycles. The van der Waals surface area contributed by atoms with Crippen LogP contribution in [0.5, 0.6) is 0 Å². The molecule has 8 nitrogen and oxygen atoms in total. The average Bonchev–Trinajstić information content (AvgIpc) is 2.49. The number of allylic oxidation sites excluding steroid dienone is 1. The summed E-state index contributed by atoms with van der Waals surface area (Å²) in [4.78, 5) is 43.2. The first kappa shape index (κ1) is 23.5. The number of hydrogen-bond donors (Lipinski definition) is 1. The largest absolute Gasteiger partial charge is 0.478 e. The number of carbonyl (C=O) groups excluding carboxylic acids is 3. The summed E-state index contributed by atoms with van der Waals surface area (Å²) < 4.78 is 15.9. The normalized spacial score (nSPS) is 12.3. The second-order valence-corrected chi connectivity index (χ2v) is 6.62. The highest BCUT2D eigenvalue weighted by Gasteiger charge is 2.25. The number of aldehydes is 1. The van der Waals surface area contributed by atoms with Gasteiger partial charge in [0, 0.05) is 31.1 Å². The molecule has 0 aliphatic carbocycles. The zero-order valence-electron chi connectivity index (χ0n) is 15.5. The first-order valence-corrected chi connectivity index (χ1v) is 8.04. The molecular formula is C18H26O8. The van der Waals surface area contributed by atoms with Gasteiger partial charge in [-0.2, -0.15) is 0 Å². The highest BCUT2D eigenvalue weighted by Crippen LogP contribution is 2.20. The van der Waals surface area contributed by atoms with Crippen LogP contribution in [0.4, 0.5) is 0 Å². The van der Waals surface area contributed by atoms with Crippen molar-refractivity contribution in [2.75, 3.05) is 13.2 Å². The minimum absolute atomic E-state index is 0.132. The van der Waals surface area contributed by atoms with Gasteiger partial charge in [0.25, 0.3) is 0 Å². The number of aliphatic carboxylic acids is 1. The van der Waals surface area contributed by atoms with E-state index in [9.17, 15) is 19.2 Å². The molecular weight excluding hydrogens is 344 g/mol. The molecule has 0 saturated heterocycles. The van der Waals surface area contributed by atoms with Crippen molar-refractivity contribution in [1.82, 2.24) is 0 Å². The molecule has 0 amide bonds. The topological polar surface area (TPSA) is 116 Å². The van der Waals surface area contributed by atoms with Gasteiger partial charge in [-0.1, -0.05) is 0 Å². The molecule has 0 atom stereocenters. The first-order chi connectivity index (χ1) is 12.0. The van der Waals surface area contributed by atoms with Crippen LogP contribution in [0.1, 0.15) is 40.5 Å². The summed E-state index contributed by atoms with van der Waals surface area (Å²) in [6.07, 6.45) is 4.97. The first-order valence-electron chi connectivity index (χ1n) is 8.04. The maximum atomic E-state index is 11.5. The molecule has 0 unspecified atom stereocenters. The Labute approximate surface area is 152 Å². The molecule has 0 aromatic heterocycles. The summed E-state index contributed by atoms with van der Waals surface area (Å²) in [6, 6.07) is 0. The van der Waals surface area contributed by atoms with Gasteiger partial charge in [-0.25, -0.2) is 14.4 Å². The van der Waals surface area contributed by atoms with Crippen molar-refractivity contribution in [2.45, 2.75) is 51.7 Å². The molecule has 0 rings (SSSR count). The maximum Gasteiger partial charge on any atom is 0.331 e. The summed E-state index contributed by atoms with van der Waals surface area (Å²) >= 11 is 0. The number of hydrogen-bond acceptors (Lipinski definition) is 7. The highest BCUT2D eigenvalue weighted by molar-refractivity contribution is 5.90. The Bertz CT molecular complexity index is 558. The van der Waals surface area contributed by atoms with Crippen LogP contribution >= 0.6 is 0 Å². The van der Waals surface area contributed by atoms with Crippen LogP contribution in [0.2, 0.25) is 0 Å². The van der Waals surface area contributed by atoms with Crippen LogP contribution in [0.25, 0.3) is 0 Å². The van der Waals surface area contributed by atoms with Crippen LogP contribution in [-0.2, 0) is 33.4 Å². The number of carboxylic acids is 1. The molecule has 1 N–H and O–H groups in total. The van der Waals surface area contributed by atoms with Gasteiger partial charge in [0.05, 0.1) is 18.8 Å². The number of rotatable bonds is 12. The van der Waals surface area contributed by atoms with Gasteiger partial charge in [-0.15, -0.1) is 0 Å².